The Morgan fingerprint density at radius 3 is 2.65 bits per heavy atom. The Labute approximate surface area is 218 Å². The number of aliphatic hydroxyl groups is 2. The number of amides is 1. The van der Waals surface area contributed by atoms with Crippen LogP contribution in [0.3, 0.4) is 0 Å². The van der Waals surface area contributed by atoms with E-state index >= 15 is 0 Å². The van der Waals surface area contributed by atoms with Gasteiger partial charge in [-0.25, -0.2) is 0 Å². The summed E-state index contributed by atoms with van der Waals surface area (Å²) in [7, 11) is 0. The molecule has 7 heteroatoms. The smallest absolute Gasteiger partial charge is 0.303 e. The highest BCUT2D eigenvalue weighted by atomic mass is 16.6. The molecular formula is C30H39NO6. The summed E-state index contributed by atoms with van der Waals surface area (Å²) in [5.41, 5.74) is -0.679. The summed E-state index contributed by atoms with van der Waals surface area (Å²) >= 11 is 0. The number of ether oxygens (including phenoxy) is 2. The first-order chi connectivity index (χ1) is 17.5. The number of aliphatic hydroxyl groups excluding tert-OH is 1. The van der Waals surface area contributed by atoms with Gasteiger partial charge in [-0.3, -0.25) is 9.59 Å². The standard InChI is InChI=1S/C30H39NO6/c1-16-10-9-13-21-24(33)18(3)17(2)23-22(14-20-11-7-6-8-12-20)31-28(34)30(21,23)27(36-19(4)32)25-26(37-25)29(5,35)15-16/h6-9,11-13,16-17,21-27,33,35H,3,10,14-15H2,1-2,4-5H3,(H,31,34)/b13-9+/t16-,17+,21-,22-,23-,24+,25+,26+,27+,29+,30-/m0/s1. The highest BCUT2D eigenvalue weighted by molar-refractivity contribution is 5.89. The van der Waals surface area contributed by atoms with Gasteiger partial charge in [0.05, 0.1) is 11.7 Å². The van der Waals surface area contributed by atoms with Crippen LogP contribution in [0, 0.1) is 29.1 Å². The van der Waals surface area contributed by atoms with Crippen LogP contribution in [0.5, 0.6) is 0 Å². The fourth-order valence-electron chi connectivity index (χ4n) is 7.65. The number of nitrogens with one attached hydrogen (secondary N) is 1. The second kappa shape index (κ2) is 9.37. The van der Waals surface area contributed by atoms with E-state index in [1.807, 2.05) is 49.4 Å². The maximum Gasteiger partial charge on any atom is 0.303 e. The van der Waals surface area contributed by atoms with Gasteiger partial charge < -0.3 is 25.0 Å². The quantitative estimate of drug-likeness (QED) is 0.329. The van der Waals surface area contributed by atoms with E-state index in [4.69, 9.17) is 9.47 Å². The number of fused-ring (bicyclic) bond motifs is 1. The van der Waals surface area contributed by atoms with Crippen LogP contribution < -0.4 is 5.32 Å². The molecule has 2 aliphatic carbocycles. The van der Waals surface area contributed by atoms with Crippen molar-refractivity contribution in [3.05, 3.63) is 60.2 Å². The zero-order valence-corrected chi connectivity index (χ0v) is 22.1. The van der Waals surface area contributed by atoms with E-state index in [0.29, 0.717) is 24.8 Å². The molecule has 1 aromatic rings. The van der Waals surface area contributed by atoms with Crippen molar-refractivity contribution in [3.8, 4) is 0 Å². The number of hydrogen-bond acceptors (Lipinski definition) is 6. The first-order valence-corrected chi connectivity index (χ1v) is 13.4. The van der Waals surface area contributed by atoms with Crippen molar-refractivity contribution in [2.24, 2.45) is 29.1 Å². The number of benzene rings is 1. The molecule has 5 rings (SSSR count). The summed E-state index contributed by atoms with van der Waals surface area (Å²) in [6, 6.07) is 9.71. The van der Waals surface area contributed by atoms with Crippen LogP contribution in [0.2, 0.25) is 0 Å². The first-order valence-electron chi connectivity index (χ1n) is 13.4. The van der Waals surface area contributed by atoms with E-state index in [9.17, 15) is 19.8 Å². The van der Waals surface area contributed by atoms with Gasteiger partial charge in [-0.15, -0.1) is 0 Å². The van der Waals surface area contributed by atoms with E-state index in [1.165, 1.54) is 6.92 Å². The van der Waals surface area contributed by atoms with Gasteiger partial charge in [0.1, 0.15) is 23.7 Å². The number of epoxide rings is 1. The lowest BCUT2D eigenvalue weighted by Crippen LogP contribution is -2.62. The highest BCUT2D eigenvalue weighted by Crippen LogP contribution is 2.61. The third-order valence-electron chi connectivity index (χ3n) is 9.23. The second-order valence-corrected chi connectivity index (χ2v) is 11.9. The van der Waals surface area contributed by atoms with Gasteiger partial charge >= 0.3 is 5.97 Å². The molecule has 1 saturated carbocycles. The van der Waals surface area contributed by atoms with Crippen molar-refractivity contribution in [2.45, 2.75) is 83.0 Å². The summed E-state index contributed by atoms with van der Waals surface area (Å²) in [5.74, 6) is -1.83. The molecule has 7 nitrogen and oxygen atoms in total. The van der Waals surface area contributed by atoms with Crippen molar-refractivity contribution >= 4 is 11.9 Å². The van der Waals surface area contributed by atoms with Gasteiger partial charge in [-0.2, -0.15) is 0 Å². The zero-order valence-electron chi connectivity index (χ0n) is 22.1. The summed E-state index contributed by atoms with van der Waals surface area (Å²) in [6.45, 7) is 11.4. The average molecular weight is 510 g/mol. The molecule has 0 bridgehead atoms. The molecule has 200 valence electrons. The molecule has 2 saturated heterocycles. The van der Waals surface area contributed by atoms with E-state index in [0.717, 1.165) is 5.56 Å². The molecule has 1 spiro atoms. The lowest BCUT2D eigenvalue weighted by atomic mass is 9.51. The van der Waals surface area contributed by atoms with Crippen LogP contribution >= 0.6 is 0 Å². The van der Waals surface area contributed by atoms with Crippen LogP contribution in [0.4, 0.5) is 0 Å². The maximum atomic E-state index is 14.3. The Balaban J connectivity index is 1.69. The minimum absolute atomic E-state index is 0.152. The molecular weight excluding hydrogens is 470 g/mol. The minimum atomic E-state index is -1.29. The fourth-order valence-corrected chi connectivity index (χ4v) is 7.65. The molecule has 2 aliphatic heterocycles. The van der Waals surface area contributed by atoms with E-state index in [2.05, 4.69) is 18.8 Å². The van der Waals surface area contributed by atoms with Crippen molar-refractivity contribution in [3.63, 3.8) is 0 Å². The highest BCUT2D eigenvalue weighted by Gasteiger charge is 2.74. The topological polar surface area (TPSA) is 108 Å². The molecule has 0 aromatic heterocycles. The zero-order chi connectivity index (χ0) is 26.7. The third-order valence-corrected chi connectivity index (χ3v) is 9.23. The van der Waals surface area contributed by atoms with Crippen LogP contribution in [0.15, 0.2) is 54.6 Å². The molecule has 0 unspecified atom stereocenters. The normalized spacial score (nSPS) is 45.9. The van der Waals surface area contributed by atoms with Crippen LogP contribution in [0.25, 0.3) is 0 Å². The van der Waals surface area contributed by atoms with Gasteiger partial charge in [0, 0.05) is 24.8 Å². The SMILES string of the molecule is C=C1[C@@H](C)[C@H]2[C@H](Cc3ccccc3)NC(=O)[C@]23[C@H](OC(C)=O)[C@@H]2O[C@H]2[C@](C)(O)C[C@@H](C)C/C=C/[C@H]3[C@@H]1O. The maximum absolute atomic E-state index is 14.3. The Kier molecular flexibility index (Phi) is 6.62. The van der Waals surface area contributed by atoms with Gasteiger partial charge in [0.2, 0.25) is 5.91 Å². The molecule has 1 aromatic carbocycles. The molecule has 2 heterocycles. The Bertz CT molecular complexity index is 1100. The number of hydrogen-bond donors (Lipinski definition) is 3. The molecule has 37 heavy (non-hydrogen) atoms. The molecule has 4 aliphatic rings. The van der Waals surface area contributed by atoms with E-state index in [-0.39, 0.29) is 29.7 Å². The van der Waals surface area contributed by atoms with Crippen LogP contribution in [0.1, 0.15) is 46.1 Å². The van der Waals surface area contributed by atoms with Crippen LogP contribution in [-0.4, -0.2) is 58.1 Å². The van der Waals surface area contributed by atoms with Gasteiger partial charge in [-0.1, -0.05) is 62.9 Å². The van der Waals surface area contributed by atoms with Crippen molar-refractivity contribution < 1.29 is 29.3 Å². The van der Waals surface area contributed by atoms with E-state index in [1.54, 1.807) is 6.92 Å². The summed E-state index contributed by atoms with van der Waals surface area (Å²) in [6.07, 6.45) is 2.49. The first kappa shape index (κ1) is 26.1. The van der Waals surface area contributed by atoms with Crippen LogP contribution in [-0.2, 0) is 25.5 Å². The number of carbonyl (C=O) groups is 2. The number of esters is 1. The summed E-state index contributed by atoms with van der Waals surface area (Å²) in [4.78, 5) is 26.8. The summed E-state index contributed by atoms with van der Waals surface area (Å²) in [5, 5.41) is 26.2. The summed E-state index contributed by atoms with van der Waals surface area (Å²) < 4.78 is 12.1. The number of rotatable bonds is 3. The Morgan fingerprint density at radius 2 is 1.97 bits per heavy atom. The van der Waals surface area contributed by atoms with Gasteiger partial charge in [0.15, 0.2) is 0 Å². The Hall–Kier alpha value is -2.48. The average Bonchev–Trinajstić information content (AvgIpc) is 3.58. The Morgan fingerprint density at radius 1 is 1.27 bits per heavy atom. The molecule has 0 radical (unpaired) electrons. The number of carbonyl (C=O) groups excluding carboxylic acids is 2. The molecule has 11 atom stereocenters. The van der Waals surface area contributed by atoms with Gasteiger partial charge in [0.25, 0.3) is 0 Å². The van der Waals surface area contributed by atoms with Crippen molar-refractivity contribution in [1.82, 2.24) is 5.32 Å². The second-order valence-electron chi connectivity index (χ2n) is 11.9. The molecule has 3 fully saturated rings. The predicted molar refractivity (Wildman–Crippen MR) is 138 cm³/mol. The minimum Gasteiger partial charge on any atom is -0.458 e. The fraction of sp³-hybridized carbons (Fsp3) is 0.600. The predicted octanol–water partition coefficient (Wildman–Crippen LogP) is 2.95. The molecule has 1 amide bonds. The third kappa shape index (κ3) is 4.25. The monoisotopic (exact) mass is 509 g/mol. The molecule has 3 N–H and O–H groups in total. The lowest BCUT2D eigenvalue weighted by molar-refractivity contribution is -0.175. The van der Waals surface area contributed by atoms with Crippen molar-refractivity contribution in [2.75, 3.05) is 0 Å². The van der Waals surface area contributed by atoms with Gasteiger partial charge in [-0.05, 0) is 49.2 Å². The number of allylic oxidation sites excluding steroid dienone is 1. The van der Waals surface area contributed by atoms with E-state index < -0.39 is 47.3 Å². The van der Waals surface area contributed by atoms with Crippen molar-refractivity contribution in [1.29, 1.82) is 0 Å². The largest absolute Gasteiger partial charge is 0.458 e. The lowest BCUT2D eigenvalue weighted by Gasteiger charge is -2.52.